The third-order valence-electron chi connectivity index (χ3n) is 2.72. The molecule has 0 aliphatic carbocycles. The lowest BCUT2D eigenvalue weighted by Crippen LogP contribution is -2.26. The van der Waals surface area contributed by atoms with Crippen molar-refractivity contribution in [2.75, 3.05) is 11.4 Å². The molecule has 0 aliphatic heterocycles. The maximum atomic E-state index is 12.5. The smallest absolute Gasteiger partial charge is 0.264 e. The lowest BCUT2D eigenvalue weighted by Gasteiger charge is -2.21. The first-order chi connectivity index (χ1) is 9.32. The van der Waals surface area contributed by atoms with E-state index in [0.29, 0.717) is 15.7 Å². The molecule has 0 saturated carbocycles. The van der Waals surface area contributed by atoms with Crippen LogP contribution in [0.5, 0.6) is 0 Å². The highest BCUT2D eigenvalue weighted by atomic mass is 79.9. The molecule has 0 fully saturated rings. The maximum Gasteiger partial charge on any atom is 0.264 e. The molecule has 20 heavy (non-hydrogen) atoms. The maximum absolute atomic E-state index is 12.5. The minimum absolute atomic E-state index is 0.180. The van der Waals surface area contributed by atoms with Crippen LogP contribution in [0.1, 0.15) is 0 Å². The Morgan fingerprint density at radius 2 is 1.65 bits per heavy atom. The first-order valence-corrected chi connectivity index (χ1v) is 8.51. The van der Waals surface area contributed by atoms with E-state index in [0.717, 1.165) is 8.78 Å². The Kier molecular flexibility index (Phi) is 4.64. The van der Waals surface area contributed by atoms with E-state index in [4.69, 9.17) is 23.2 Å². The van der Waals surface area contributed by atoms with Crippen LogP contribution in [-0.4, -0.2) is 15.5 Å². The van der Waals surface area contributed by atoms with E-state index in [1.54, 1.807) is 24.3 Å². The molecule has 2 aromatic carbocycles. The quantitative estimate of drug-likeness (QED) is 0.763. The number of nitrogens with zero attached hydrogens (tertiary/aromatic N) is 1. The van der Waals surface area contributed by atoms with Gasteiger partial charge in [0.05, 0.1) is 15.6 Å². The van der Waals surface area contributed by atoms with Crippen LogP contribution in [0.3, 0.4) is 0 Å². The van der Waals surface area contributed by atoms with Crippen molar-refractivity contribution in [1.82, 2.24) is 0 Å². The van der Waals surface area contributed by atoms with Crippen LogP contribution in [0.4, 0.5) is 5.69 Å². The molecule has 2 rings (SSSR count). The zero-order chi connectivity index (χ0) is 14.9. The summed E-state index contributed by atoms with van der Waals surface area (Å²) in [4.78, 5) is 0.180. The van der Waals surface area contributed by atoms with Crippen molar-refractivity contribution >= 4 is 54.8 Å². The second-order valence-corrected chi connectivity index (χ2v) is 7.75. The number of rotatable bonds is 3. The topological polar surface area (TPSA) is 37.4 Å². The first kappa shape index (κ1) is 15.6. The van der Waals surface area contributed by atoms with Gasteiger partial charge >= 0.3 is 0 Å². The van der Waals surface area contributed by atoms with Crippen LogP contribution in [0.15, 0.2) is 51.8 Å². The summed E-state index contributed by atoms with van der Waals surface area (Å²) in [5, 5.41) is 0.736. The Bertz CT molecular complexity index is 733. The number of hydrogen-bond acceptors (Lipinski definition) is 2. The van der Waals surface area contributed by atoms with Gasteiger partial charge in [-0.25, -0.2) is 8.42 Å². The first-order valence-electron chi connectivity index (χ1n) is 5.52. The molecule has 2 aromatic rings. The van der Waals surface area contributed by atoms with E-state index >= 15 is 0 Å². The van der Waals surface area contributed by atoms with Crippen molar-refractivity contribution in [2.24, 2.45) is 0 Å². The highest BCUT2D eigenvalue weighted by molar-refractivity contribution is 9.10. The van der Waals surface area contributed by atoms with Gasteiger partial charge in [0.15, 0.2) is 0 Å². The monoisotopic (exact) mass is 393 g/mol. The summed E-state index contributed by atoms with van der Waals surface area (Å²) in [5.74, 6) is 0. The zero-order valence-corrected chi connectivity index (χ0v) is 14.3. The van der Waals surface area contributed by atoms with Crippen LogP contribution in [-0.2, 0) is 10.0 Å². The van der Waals surface area contributed by atoms with Crippen molar-refractivity contribution in [3.63, 3.8) is 0 Å². The second kappa shape index (κ2) is 5.93. The summed E-state index contributed by atoms with van der Waals surface area (Å²) in [6.45, 7) is 0. The van der Waals surface area contributed by atoms with Crippen molar-refractivity contribution in [1.29, 1.82) is 0 Å². The fourth-order valence-corrected chi connectivity index (χ4v) is 3.55. The molecule has 3 nitrogen and oxygen atoms in total. The molecule has 0 N–H and O–H groups in total. The predicted molar refractivity (Wildman–Crippen MR) is 86.2 cm³/mol. The highest BCUT2D eigenvalue weighted by Gasteiger charge is 2.23. The summed E-state index contributed by atoms with van der Waals surface area (Å²) >= 11 is 15.2. The molecule has 0 aromatic heterocycles. The number of benzene rings is 2. The third-order valence-corrected chi connectivity index (χ3v) is 5.59. The zero-order valence-electron chi connectivity index (χ0n) is 10.3. The van der Waals surface area contributed by atoms with Crippen molar-refractivity contribution in [2.45, 2.75) is 4.90 Å². The number of hydrogen-bond donors (Lipinski definition) is 0. The van der Waals surface area contributed by atoms with Crippen molar-refractivity contribution < 1.29 is 8.42 Å². The lowest BCUT2D eigenvalue weighted by molar-refractivity contribution is 0.594. The van der Waals surface area contributed by atoms with Crippen LogP contribution in [0.2, 0.25) is 10.0 Å². The normalized spacial score (nSPS) is 11.4. The Balaban J connectivity index is 2.48. The Labute approximate surface area is 136 Å². The second-order valence-electron chi connectivity index (χ2n) is 4.02. The van der Waals surface area contributed by atoms with E-state index in [-0.39, 0.29) is 4.90 Å². The molecule has 0 bridgehead atoms. The average Bonchev–Trinajstić information content (AvgIpc) is 2.41. The molecule has 0 atom stereocenters. The SMILES string of the molecule is CN(c1cc(Cl)ccc1Cl)S(=O)(=O)c1ccc(Br)cc1. The fraction of sp³-hybridized carbons (Fsp3) is 0.0769. The van der Waals surface area contributed by atoms with E-state index in [9.17, 15) is 8.42 Å². The minimum Gasteiger partial charge on any atom is -0.268 e. The predicted octanol–water partition coefficient (Wildman–Crippen LogP) is 4.58. The minimum atomic E-state index is -3.68. The van der Waals surface area contributed by atoms with E-state index < -0.39 is 10.0 Å². The van der Waals surface area contributed by atoms with E-state index in [2.05, 4.69) is 15.9 Å². The fourth-order valence-electron chi connectivity index (χ4n) is 1.62. The molecule has 0 heterocycles. The Hall–Kier alpha value is -0.750. The summed E-state index contributed by atoms with van der Waals surface area (Å²) in [7, 11) is -2.24. The van der Waals surface area contributed by atoms with E-state index in [1.165, 1.54) is 25.2 Å². The summed E-state index contributed by atoms with van der Waals surface area (Å²) < 4.78 is 27.0. The molecular formula is C13H10BrCl2NO2S. The largest absolute Gasteiger partial charge is 0.268 e. The molecule has 0 spiro atoms. The van der Waals surface area contributed by atoms with Gasteiger partial charge in [-0.3, -0.25) is 4.31 Å². The molecule has 0 radical (unpaired) electrons. The standard InChI is InChI=1S/C13H10BrCl2NO2S/c1-17(13-8-10(15)4-7-12(13)16)20(18,19)11-5-2-9(14)3-6-11/h2-8H,1H3. The summed E-state index contributed by atoms with van der Waals surface area (Å²) in [5.41, 5.74) is 0.335. The van der Waals surface area contributed by atoms with Gasteiger partial charge in [0, 0.05) is 16.5 Å². The van der Waals surface area contributed by atoms with Gasteiger partial charge in [0.25, 0.3) is 10.0 Å². The van der Waals surface area contributed by atoms with Gasteiger partial charge in [-0.2, -0.15) is 0 Å². The molecule has 106 valence electrons. The van der Waals surface area contributed by atoms with Crippen LogP contribution in [0, 0.1) is 0 Å². The number of sulfonamides is 1. The van der Waals surface area contributed by atoms with Crippen LogP contribution < -0.4 is 4.31 Å². The molecule has 7 heteroatoms. The molecule has 0 amide bonds. The van der Waals surface area contributed by atoms with Crippen molar-refractivity contribution in [3.05, 3.63) is 57.0 Å². The van der Waals surface area contributed by atoms with Gasteiger partial charge in [-0.15, -0.1) is 0 Å². The molecule has 0 unspecified atom stereocenters. The van der Waals surface area contributed by atoms with Gasteiger partial charge in [-0.05, 0) is 42.5 Å². The summed E-state index contributed by atoms with van der Waals surface area (Å²) in [6.07, 6.45) is 0. The average molecular weight is 395 g/mol. The highest BCUT2D eigenvalue weighted by Crippen LogP contribution is 2.31. The molecule has 0 aliphatic rings. The molecule has 0 saturated heterocycles. The number of halogens is 3. The van der Waals surface area contributed by atoms with Gasteiger partial charge in [0.2, 0.25) is 0 Å². The van der Waals surface area contributed by atoms with Crippen LogP contribution in [0.25, 0.3) is 0 Å². The van der Waals surface area contributed by atoms with Gasteiger partial charge in [0.1, 0.15) is 0 Å². The Morgan fingerprint density at radius 1 is 1.05 bits per heavy atom. The van der Waals surface area contributed by atoms with Crippen molar-refractivity contribution in [3.8, 4) is 0 Å². The van der Waals surface area contributed by atoms with Gasteiger partial charge < -0.3 is 0 Å². The lowest BCUT2D eigenvalue weighted by atomic mass is 10.3. The Morgan fingerprint density at radius 3 is 2.25 bits per heavy atom. The van der Waals surface area contributed by atoms with Gasteiger partial charge in [-0.1, -0.05) is 39.1 Å². The number of anilines is 1. The third kappa shape index (κ3) is 3.11. The summed E-state index contributed by atoms with van der Waals surface area (Å²) in [6, 6.07) is 11.1. The van der Waals surface area contributed by atoms with E-state index in [1.807, 2.05) is 0 Å². The van der Waals surface area contributed by atoms with Crippen LogP contribution >= 0.6 is 39.1 Å². The molecular weight excluding hydrogens is 385 g/mol.